The molecule has 5 N–H and O–H groups in total. The quantitative estimate of drug-likeness (QED) is 0.282. The van der Waals surface area contributed by atoms with Crippen LogP contribution >= 0.6 is 0 Å². The summed E-state index contributed by atoms with van der Waals surface area (Å²) in [5.74, 6) is 0. The number of nitrogens with zero attached hydrogens (tertiary/aromatic N) is 2. The van der Waals surface area contributed by atoms with Crippen molar-refractivity contribution in [1.29, 1.82) is 5.26 Å². The largest absolute Gasteiger partial charge is 0.358 e. The van der Waals surface area contributed by atoms with E-state index in [4.69, 9.17) is 5.73 Å². The number of aryl methyl sites for hydroxylation is 1. The fourth-order valence-corrected chi connectivity index (χ4v) is 5.10. The highest BCUT2D eigenvalue weighted by atomic mass is 16.1. The number of benzene rings is 3. The lowest BCUT2D eigenvalue weighted by Crippen LogP contribution is -2.16. The van der Waals surface area contributed by atoms with Crippen LogP contribution in [-0.2, 0) is 13.0 Å². The highest BCUT2D eigenvalue weighted by molar-refractivity contribution is 5.98. The molecule has 3 aromatic carbocycles. The van der Waals surface area contributed by atoms with Gasteiger partial charge in [0.05, 0.1) is 11.4 Å². The number of aromatic nitrogens is 4. The van der Waals surface area contributed by atoms with E-state index in [-0.39, 0.29) is 11.4 Å². The minimum absolute atomic E-state index is 0.275. The van der Waals surface area contributed by atoms with Gasteiger partial charge in [0, 0.05) is 51.7 Å². The van der Waals surface area contributed by atoms with Crippen molar-refractivity contribution >= 4 is 21.8 Å². The van der Waals surface area contributed by atoms with Crippen LogP contribution in [0, 0.1) is 18.3 Å². The molecule has 3 heterocycles. The smallest absolute Gasteiger partial charge is 0.331 e. The summed E-state index contributed by atoms with van der Waals surface area (Å²) in [6.07, 6.45) is 0.610. The van der Waals surface area contributed by atoms with Crippen LogP contribution in [0.2, 0.25) is 0 Å². The second kappa shape index (κ2) is 8.45. The Hall–Kier alpha value is -4.80. The third-order valence-electron chi connectivity index (χ3n) is 6.76. The Morgan fingerprint density at radius 3 is 2.19 bits per heavy atom. The number of rotatable bonds is 5. The fraction of sp³-hybridized carbons (Fsp3) is 0.103. The lowest BCUT2D eigenvalue weighted by molar-refractivity contribution is 0.965. The van der Waals surface area contributed by atoms with E-state index in [2.05, 4.69) is 33.2 Å². The Morgan fingerprint density at radius 1 is 0.861 bits per heavy atom. The molecule has 36 heavy (non-hydrogen) atoms. The molecule has 0 amide bonds. The molecule has 0 saturated heterocycles. The van der Waals surface area contributed by atoms with Crippen molar-refractivity contribution in [3.63, 3.8) is 0 Å². The first-order chi connectivity index (χ1) is 17.6. The molecular formula is C29H24N6O. The van der Waals surface area contributed by atoms with Gasteiger partial charge in [0.2, 0.25) is 0 Å². The molecule has 0 spiro atoms. The first-order valence-electron chi connectivity index (χ1n) is 11.8. The van der Waals surface area contributed by atoms with Crippen LogP contribution in [0.15, 0.2) is 77.6 Å². The Bertz CT molecular complexity index is 1840. The number of H-pyrrole nitrogens is 3. The van der Waals surface area contributed by atoms with E-state index < -0.39 is 0 Å². The second-order valence-electron chi connectivity index (χ2n) is 8.97. The van der Waals surface area contributed by atoms with Crippen molar-refractivity contribution in [1.82, 2.24) is 19.5 Å². The Morgan fingerprint density at radius 2 is 1.50 bits per heavy atom. The molecule has 0 saturated carbocycles. The maximum atomic E-state index is 13.4. The number of para-hydroxylation sites is 2. The monoisotopic (exact) mass is 472 g/mol. The number of nitrogens with two attached hydrogens (primary N) is 1. The number of imidazole rings is 1. The molecule has 0 fully saturated rings. The van der Waals surface area contributed by atoms with E-state index in [0.29, 0.717) is 24.3 Å². The van der Waals surface area contributed by atoms with Gasteiger partial charge in [0.15, 0.2) is 5.69 Å². The summed E-state index contributed by atoms with van der Waals surface area (Å²) in [7, 11) is 0. The average molecular weight is 473 g/mol. The molecule has 0 aliphatic heterocycles. The summed E-state index contributed by atoms with van der Waals surface area (Å²) < 4.78 is 1.49. The Kier molecular flexibility index (Phi) is 5.10. The van der Waals surface area contributed by atoms with E-state index >= 15 is 0 Å². The number of nitrogens with one attached hydrogen (secondary N) is 3. The number of fused-ring (bicyclic) bond motifs is 2. The molecular weight excluding hydrogens is 448 g/mol. The van der Waals surface area contributed by atoms with Gasteiger partial charge in [-0.2, -0.15) is 5.26 Å². The van der Waals surface area contributed by atoms with Gasteiger partial charge in [-0.3, -0.25) is 0 Å². The fourth-order valence-electron chi connectivity index (χ4n) is 5.10. The van der Waals surface area contributed by atoms with Crippen molar-refractivity contribution in [2.24, 2.45) is 5.73 Å². The van der Waals surface area contributed by atoms with Crippen LogP contribution < -0.4 is 11.4 Å². The highest BCUT2D eigenvalue weighted by Crippen LogP contribution is 2.36. The van der Waals surface area contributed by atoms with Gasteiger partial charge < -0.3 is 20.7 Å². The van der Waals surface area contributed by atoms with Crippen molar-refractivity contribution < 1.29 is 0 Å². The minimum Gasteiger partial charge on any atom is -0.358 e. The van der Waals surface area contributed by atoms with Crippen LogP contribution in [0.5, 0.6) is 0 Å². The SMILES string of the molecule is Cc1[nH]c2ccccc2c1-n1c(C#N)c(-c2c(Cc3ccc(CN)cc3)[nH]c3ccccc23)[nH]c1=O. The highest BCUT2D eigenvalue weighted by Gasteiger charge is 2.25. The van der Waals surface area contributed by atoms with Gasteiger partial charge in [-0.25, -0.2) is 9.36 Å². The molecule has 0 radical (unpaired) electrons. The number of hydrogen-bond acceptors (Lipinski definition) is 3. The van der Waals surface area contributed by atoms with Gasteiger partial charge >= 0.3 is 5.69 Å². The summed E-state index contributed by atoms with van der Waals surface area (Å²) in [6, 6.07) is 26.2. The normalized spacial score (nSPS) is 11.4. The van der Waals surface area contributed by atoms with E-state index in [1.54, 1.807) is 0 Å². The molecule has 6 aromatic rings. The second-order valence-corrected chi connectivity index (χ2v) is 8.97. The lowest BCUT2D eigenvalue weighted by Gasteiger charge is -2.07. The van der Waals surface area contributed by atoms with Crippen LogP contribution in [0.1, 0.15) is 28.2 Å². The van der Waals surface area contributed by atoms with Crippen molar-refractivity contribution in [2.45, 2.75) is 19.9 Å². The summed E-state index contributed by atoms with van der Waals surface area (Å²) in [5, 5.41) is 12.2. The van der Waals surface area contributed by atoms with Gasteiger partial charge in [0.1, 0.15) is 6.07 Å². The van der Waals surface area contributed by atoms with Gasteiger partial charge in [-0.05, 0) is 30.2 Å². The van der Waals surface area contributed by atoms with Crippen LogP contribution in [-0.4, -0.2) is 19.5 Å². The Balaban J connectivity index is 1.59. The molecule has 0 unspecified atom stereocenters. The first-order valence-corrected chi connectivity index (χ1v) is 11.8. The van der Waals surface area contributed by atoms with Crippen molar-refractivity contribution in [3.8, 4) is 23.0 Å². The molecule has 3 aromatic heterocycles. The molecule has 176 valence electrons. The maximum absolute atomic E-state index is 13.4. The molecule has 0 aliphatic carbocycles. The summed E-state index contributed by atoms with van der Waals surface area (Å²) in [6.45, 7) is 2.41. The van der Waals surface area contributed by atoms with Crippen LogP contribution in [0.3, 0.4) is 0 Å². The maximum Gasteiger partial charge on any atom is 0.331 e. The number of aromatic amines is 3. The molecule has 0 atom stereocenters. The topological polar surface area (TPSA) is 119 Å². The third kappa shape index (κ3) is 3.35. The molecule has 7 nitrogen and oxygen atoms in total. The predicted molar refractivity (Wildman–Crippen MR) is 142 cm³/mol. The van der Waals surface area contributed by atoms with E-state index in [0.717, 1.165) is 49.9 Å². The standard InChI is InChI=1S/C29H24N6O/c1-17-28(21-7-3-5-9-23(21)32-17)35-25(16-31)27(34-29(35)36)26-20-6-2-4-8-22(20)33-24(26)14-18-10-12-19(15-30)13-11-18/h2-13,32-33H,14-15,30H2,1H3,(H,34,36). The zero-order chi connectivity index (χ0) is 24.8. The van der Waals surface area contributed by atoms with E-state index in [9.17, 15) is 10.1 Å². The van der Waals surface area contributed by atoms with Crippen molar-refractivity contribution in [2.75, 3.05) is 0 Å². The predicted octanol–water partition coefficient (Wildman–Crippen LogP) is 5.02. The lowest BCUT2D eigenvalue weighted by atomic mass is 10.0. The zero-order valence-electron chi connectivity index (χ0n) is 19.7. The summed E-state index contributed by atoms with van der Waals surface area (Å²) in [4.78, 5) is 23.3. The number of hydrogen-bond donors (Lipinski definition) is 4. The van der Waals surface area contributed by atoms with E-state index in [1.807, 2.05) is 67.6 Å². The molecule has 0 aliphatic rings. The van der Waals surface area contributed by atoms with Crippen molar-refractivity contribution in [3.05, 3.63) is 111 Å². The first kappa shape index (κ1) is 21.7. The average Bonchev–Trinajstić information content (AvgIpc) is 3.53. The molecule has 7 heteroatoms. The van der Waals surface area contributed by atoms with E-state index in [1.165, 1.54) is 4.57 Å². The van der Waals surface area contributed by atoms with Crippen LogP contribution in [0.4, 0.5) is 0 Å². The summed E-state index contributed by atoms with van der Waals surface area (Å²) >= 11 is 0. The Labute approximate surface area is 206 Å². The molecule has 6 rings (SSSR count). The van der Waals surface area contributed by atoms with Gasteiger partial charge in [-0.1, -0.05) is 60.7 Å². The third-order valence-corrected chi connectivity index (χ3v) is 6.76. The summed E-state index contributed by atoms with van der Waals surface area (Å²) in [5.41, 5.74) is 13.5. The number of nitriles is 1. The van der Waals surface area contributed by atoms with Gasteiger partial charge in [0.25, 0.3) is 0 Å². The zero-order valence-corrected chi connectivity index (χ0v) is 19.7. The van der Waals surface area contributed by atoms with Gasteiger partial charge in [-0.15, -0.1) is 0 Å². The minimum atomic E-state index is -0.349. The molecule has 0 bridgehead atoms. The van der Waals surface area contributed by atoms with Crippen LogP contribution in [0.25, 0.3) is 38.8 Å².